The summed E-state index contributed by atoms with van der Waals surface area (Å²) in [6, 6.07) is 7.70. The Hall–Kier alpha value is -0.770. The average Bonchev–Trinajstić information content (AvgIpc) is 2.81. The summed E-state index contributed by atoms with van der Waals surface area (Å²) in [5.74, 6) is 1.64. The first kappa shape index (κ1) is 12.3. The number of ether oxygens (including phenoxy) is 1. The Labute approximate surface area is 113 Å². The molecule has 0 aromatic heterocycles. The highest BCUT2D eigenvalue weighted by atomic mass is 35.5. The van der Waals surface area contributed by atoms with Crippen LogP contribution in [0, 0.1) is 5.92 Å². The van der Waals surface area contributed by atoms with Crippen molar-refractivity contribution in [2.24, 2.45) is 5.92 Å². The maximum atomic E-state index is 6.08. The fourth-order valence-corrected chi connectivity index (χ4v) is 2.88. The maximum Gasteiger partial charge on any atom is 0.138 e. The van der Waals surface area contributed by atoms with Crippen molar-refractivity contribution >= 4 is 11.6 Å². The van der Waals surface area contributed by atoms with Crippen LogP contribution in [0.3, 0.4) is 0 Å². The fraction of sp³-hybridized carbons (Fsp3) is 0.571. The Morgan fingerprint density at radius 1 is 1.33 bits per heavy atom. The standard InChI is InChI=1S/C14H19ClN2O/c15-13-3-1-2-4-14(13)18-12-9-17(10-12)8-11-5-6-16-7-11/h1-4,11-12,16H,5-10H2/t11-/m0/s1. The first-order chi connectivity index (χ1) is 8.81. The Balaban J connectivity index is 1.43. The number of para-hydroxylation sites is 1. The second-order valence-electron chi connectivity index (χ2n) is 5.25. The molecule has 2 aliphatic heterocycles. The summed E-state index contributed by atoms with van der Waals surface area (Å²) < 4.78 is 5.89. The summed E-state index contributed by atoms with van der Waals surface area (Å²) in [5.41, 5.74) is 0. The van der Waals surface area contributed by atoms with Crippen LogP contribution < -0.4 is 10.1 Å². The zero-order valence-electron chi connectivity index (χ0n) is 10.4. The van der Waals surface area contributed by atoms with Crippen molar-refractivity contribution in [1.82, 2.24) is 10.2 Å². The summed E-state index contributed by atoms with van der Waals surface area (Å²) in [6.45, 7) is 5.61. The van der Waals surface area contributed by atoms with E-state index >= 15 is 0 Å². The Bertz CT molecular complexity index is 401. The molecule has 1 aromatic rings. The third kappa shape index (κ3) is 2.79. The van der Waals surface area contributed by atoms with Crippen LogP contribution in [0.5, 0.6) is 5.75 Å². The summed E-state index contributed by atoms with van der Waals surface area (Å²) in [6.07, 6.45) is 1.62. The predicted octanol–water partition coefficient (Wildman–Crippen LogP) is 2.01. The van der Waals surface area contributed by atoms with Gasteiger partial charge < -0.3 is 10.1 Å². The van der Waals surface area contributed by atoms with E-state index in [1.54, 1.807) is 0 Å². The van der Waals surface area contributed by atoms with E-state index < -0.39 is 0 Å². The van der Waals surface area contributed by atoms with Gasteiger partial charge in [0, 0.05) is 19.6 Å². The van der Waals surface area contributed by atoms with E-state index in [-0.39, 0.29) is 0 Å². The van der Waals surface area contributed by atoms with Gasteiger partial charge in [0.05, 0.1) is 5.02 Å². The number of hydrogen-bond donors (Lipinski definition) is 1. The highest BCUT2D eigenvalue weighted by Crippen LogP contribution is 2.26. The lowest BCUT2D eigenvalue weighted by Crippen LogP contribution is -2.55. The van der Waals surface area contributed by atoms with Gasteiger partial charge in [-0.15, -0.1) is 0 Å². The van der Waals surface area contributed by atoms with Crippen LogP contribution in [0.1, 0.15) is 6.42 Å². The van der Waals surface area contributed by atoms with Gasteiger partial charge in [-0.25, -0.2) is 0 Å². The average molecular weight is 267 g/mol. The van der Waals surface area contributed by atoms with Gasteiger partial charge in [-0.3, -0.25) is 4.90 Å². The van der Waals surface area contributed by atoms with Crippen LogP contribution in [-0.2, 0) is 0 Å². The number of benzene rings is 1. The lowest BCUT2D eigenvalue weighted by Gasteiger charge is -2.40. The Morgan fingerprint density at radius 3 is 2.89 bits per heavy atom. The van der Waals surface area contributed by atoms with E-state index in [2.05, 4.69) is 10.2 Å². The maximum absolute atomic E-state index is 6.08. The van der Waals surface area contributed by atoms with Crippen LogP contribution in [0.4, 0.5) is 0 Å². The third-order valence-corrected chi connectivity index (χ3v) is 4.04. The molecule has 0 aliphatic carbocycles. The van der Waals surface area contributed by atoms with E-state index in [0.717, 1.165) is 24.8 Å². The molecular weight excluding hydrogens is 248 g/mol. The molecule has 1 aromatic carbocycles. The zero-order chi connectivity index (χ0) is 12.4. The van der Waals surface area contributed by atoms with Gasteiger partial charge in [0.2, 0.25) is 0 Å². The van der Waals surface area contributed by atoms with Gasteiger partial charge in [-0.2, -0.15) is 0 Å². The minimum atomic E-state index is 0.305. The minimum Gasteiger partial charge on any atom is -0.486 e. The van der Waals surface area contributed by atoms with Gasteiger partial charge in [0.1, 0.15) is 11.9 Å². The SMILES string of the molecule is Clc1ccccc1OC1CN(C[C@H]2CCNC2)C1. The summed E-state index contributed by atoms with van der Waals surface area (Å²) in [5, 5.41) is 4.11. The first-order valence-electron chi connectivity index (χ1n) is 6.65. The monoisotopic (exact) mass is 266 g/mol. The molecule has 2 heterocycles. The molecule has 1 atom stereocenters. The van der Waals surface area contributed by atoms with Crippen LogP contribution in [0.15, 0.2) is 24.3 Å². The number of nitrogens with one attached hydrogen (secondary N) is 1. The highest BCUT2D eigenvalue weighted by Gasteiger charge is 2.31. The predicted molar refractivity (Wildman–Crippen MR) is 73.3 cm³/mol. The lowest BCUT2D eigenvalue weighted by atomic mass is 10.0. The van der Waals surface area contributed by atoms with E-state index in [4.69, 9.17) is 16.3 Å². The molecule has 18 heavy (non-hydrogen) atoms. The number of hydrogen-bond acceptors (Lipinski definition) is 3. The largest absolute Gasteiger partial charge is 0.486 e. The van der Waals surface area contributed by atoms with Gasteiger partial charge >= 0.3 is 0 Å². The van der Waals surface area contributed by atoms with Crippen LogP contribution in [-0.4, -0.2) is 43.7 Å². The molecule has 0 spiro atoms. The van der Waals surface area contributed by atoms with Crippen molar-refractivity contribution in [3.8, 4) is 5.75 Å². The summed E-state index contributed by atoms with van der Waals surface area (Å²) >= 11 is 6.08. The van der Waals surface area contributed by atoms with Gasteiger partial charge in [-0.1, -0.05) is 23.7 Å². The van der Waals surface area contributed by atoms with E-state index in [0.29, 0.717) is 11.1 Å². The van der Waals surface area contributed by atoms with Crippen molar-refractivity contribution in [2.45, 2.75) is 12.5 Å². The smallest absolute Gasteiger partial charge is 0.138 e. The first-order valence-corrected chi connectivity index (χ1v) is 7.03. The van der Waals surface area contributed by atoms with Crippen molar-refractivity contribution < 1.29 is 4.74 Å². The van der Waals surface area contributed by atoms with Gasteiger partial charge in [0.25, 0.3) is 0 Å². The van der Waals surface area contributed by atoms with Crippen molar-refractivity contribution in [3.63, 3.8) is 0 Å². The van der Waals surface area contributed by atoms with E-state index in [9.17, 15) is 0 Å². The molecule has 2 fully saturated rings. The Morgan fingerprint density at radius 2 is 2.17 bits per heavy atom. The molecule has 1 N–H and O–H groups in total. The number of rotatable bonds is 4. The fourth-order valence-electron chi connectivity index (χ4n) is 2.70. The third-order valence-electron chi connectivity index (χ3n) is 3.73. The number of halogens is 1. The molecule has 4 heteroatoms. The molecule has 0 unspecified atom stereocenters. The van der Waals surface area contributed by atoms with Crippen molar-refractivity contribution in [2.75, 3.05) is 32.7 Å². The Kier molecular flexibility index (Phi) is 3.73. The molecular formula is C14H19ClN2O. The summed E-state index contributed by atoms with van der Waals surface area (Å²) in [4.78, 5) is 2.47. The van der Waals surface area contributed by atoms with Crippen molar-refractivity contribution in [3.05, 3.63) is 29.3 Å². The molecule has 0 radical (unpaired) electrons. The normalized spacial score (nSPS) is 25.1. The molecule has 2 aliphatic rings. The summed E-state index contributed by atoms with van der Waals surface area (Å²) in [7, 11) is 0. The molecule has 98 valence electrons. The minimum absolute atomic E-state index is 0.305. The van der Waals surface area contributed by atoms with Gasteiger partial charge in [-0.05, 0) is 37.6 Å². The van der Waals surface area contributed by atoms with Crippen LogP contribution >= 0.6 is 11.6 Å². The second-order valence-corrected chi connectivity index (χ2v) is 5.65. The van der Waals surface area contributed by atoms with Crippen LogP contribution in [0.25, 0.3) is 0 Å². The van der Waals surface area contributed by atoms with Gasteiger partial charge in [0.15, 0.2) is 0 Å². The molecule has 3 rings (SSSR count). The quantitative estimate of drug-likeness (QED) is 0.902. The van der Waals surface area contributed by atoms with E-state index in [1.807, 2.05) is 24.3 Å². The highest BCUT2D eigenvalue weighted by molar-refractivity contribution is 6.32. The molecule has 0 saturated carbocycles. The van der Waals surface area contributed by atoms with Crippen molar-refractivity contribution in [1.29, 1.82) is 0 Å². The molecule has 0 amide bonds. The van der Waals surface area contributed by atoms with E-state index in [1.165, 1.54) is 26.1 Å². The molecule has 0 bridgehead atoms. The molecule has 3 nitrogen and oxygen atoms in total. The number of likely N-dealkylation sites (tertiary alicyclic amines) is 1. The topological polar surface area (TPSA) is 24.5 Å². The second kappa shape index (κ2) is 5.47. The van der Waals surface area contributed by atoms with Crippen LogP contribution in [0.2, 0.25) is 5.02 Å². The molecule has 2 saturated heterocycles. The zero-order valence-corrected chi connectivity index (χ0v) is 11.2. The lowest BCUT2D eigenvalue weighted by molar-refractivity contribution is 0.0118. The number of nitrogens with zero attached hydrogens (tertiary/aromatic N) is 1.